The van der Waals surface area contributed by atoms with Gasteiger partial charge in [-0.2, -0.15) is 0 Å². The molecule has 1 N–H and O–H groups in total. The van der Waals surface area contributed by atoms with Gasteiger partial charge in [0, 0.05) is 37.0 Å². The maximum atomic E-state index is 13.9. The monoisotopic (exact) mass is 398 g/mol. The highest BCUT2D eigenvalue weighted by Gasteiger charge is 2.10. The molecule has 0 amide bonds. The standard InChI is InChI=1S/C25H19FN2O2/c1-27-8-6-17-2-4-19(13-23(17)27)20-5-3-18-7-9-28(24(18)14-20)15-16-10-21(25(29)30)12-22(26)11-16/h2-14H,15H2,1H3,(H,29,30). The quantitative estimate of drug-likeness (QED) is 0.423. The topological polar surface area (TPSA) is 47.2 Å². The third kappa shape index (κ3) is 3.14. The van der Waals surface area contributed by atoms with Crippen LogP contribution in [0, 0.1) is 5.82 Å². The van der Waals surface area contributed by atoms with Crippen LogP contribution in [0.15, 0.2) is 79.1 Å². The molecule has 0 saturated carbocycles. The van der Waals surface area contributed by atoms with Crippen LogP contribution in [-0.2, 0) is 13.6 Å². The van der Waals surface area contributed by atoms with Gasteiger partial charge in [-0.25, -0.2) is 9.18 Å². The summed E-state index contributed by atoms with van der Waals surface area (Å²) in [7, 11) is 2.03. The molecule has 5 heteroatoms. The molecule has 0 atom stereocenters. The molecule has 5 aromatic rings. The number of aromatic carboxylic acids is 1. The first-order valence-corrected chi connectivity index (χ1v) is 9.65. The van der Waals surface area contributed by atoms with Crippen molar-refractivity contribution in [2.45, 2.75) is 6.54 Å². The second-order valence-corrected chi connectivity index (χ2v) is 7.57. The molecule has 148 valence electrons. The maximum Gasteiger partial charge on any atom is 0.335 e. The zero-order valence-electron chi connectivity index (χ0n) is 16.3. The molecule has 0 radical (unpaired) electrons. The predicted octanol–water partition coefficient (Wildman–Crippen LogP) is 5.69. The largest absolute Gasteiger partial charge is 0.478 e. The van der Waals surface area contributed by atoms with Gasteiger partial charge < -0.3 is 14.2 Å². The third-order valence-corrected chi connectivity index (χ3v) is 5.55. The molecule has 0 aliphatic rings. The van der Waals surface area contributed by atoms with Gasteiger partial charge in [0.1, 0.15) is 5.82 Å². The highest BCUT2D eigenvalue weighted by molar-refractivity contribution is 5.90. The molecule has 0 aliphatic heterocycles. The van der Waals surface area contributed by atoms with Crippen molar-refractivity contribution in [3.05, 3.63) is 96.1 Å². The highest BCUT2D eigenvalue weighted by Crippen LogP contribution is 2.28. The van der Waals surface area contributed by atoms with Gasteiger partial charge in [-0.15, -0.1) is 0 Å². The molecular weight excluding hydrogens is 379 g/mol. The summed E-state index contributed by atoms with van der Waals surface area (Å²) in [6.07, 6.45) is 3.99. The second kappa shape index (κ2) is 6.88. The SMILES string of the molecule is Cn1ccc2ccc(-c3ccc4ccn(Cc5cc(F)cc(C(=O)O)c5)c4c3)cc21. The number of rotatable bonds is 4. The van der Waals surface area contributed by atoms with Gasteiger partial charge in [0.05, 0.1) is 5.56 Å². The van der Waals surface area contributed by atoms with E-state index >= 15 is 0 Å². The minimum absolute atomic E-state index is 0.0435. The minimum Gasteiger partial charge on any atom is -0.478 e. The van der Waals surface area contributed by atoms with E-state index in [1.807, 2.05) is 30.1 Å². The molecule has 4 nitrogen and oxygen atoms in total. The summed E-state index contributed by atoms with van der Waals surface area (Å²) in [6, 6.07) is 20.7. The first-order valence-electron chi connectivity index (χ1n) is 9.65. The van der Waals surface area contributed by atoms with E-state index in [1.165, 1.54) is 23.0 Å². The van der Waals surface area contributed by atoms with Crippen molar-refractivity contribution in [3.63, 3.8) is 0 Å². The lowest BCUT2D eigenvalue weighted by atomic mass is 10.0. The van der Waals surface area contributed by atoms with Crippen LogP contribution in [0.2, 0.25) is 0 Å². The van der Waals surface area contributed by atoms with Gasteiger partial charge in [-0.05, 0) is 69.9 Å². The van der Waals surface area contributed by atoms with E-state index in [0.717, 1.165) is 28.1 Å². The van der Waals surface area contributed by atoms with Crippen molar-refractivity contribution in [2.75, 3.05) is 0 Å². The first kappa shape index (κ1) is 18.2. The molecule has 0 saturated heterocycles. The maximum absolute atomic E-state index is 13.9. The summed E-state index contributed by atoms with van der Waals surface area (Å²) < 4.78 is 18.0. The second-order valence-electron chi connectivity index (χ2n) is 7.57. The number of halogens is 1. The van der Waals surface area contributed by atoms with Crippen LogP contribution in [0.3, 0.4) is 0 Å². The molecule has 0 unspecified atom stereocenters. The van der Waals surface area contributed by atoms with Crippen molar-refractivity contribution in [1.82, 2.24) is 9.13 Å². The fraction of sp³-hybridized carbons (Fsp3) is 0.0800. The lowest BCUT2D eigenvalue weighted by molar-refractivity contribution is 0.0696. The van der Waals surface area contributed by atoms with Gasteiger partial charge in [0.15, 0.2) is 0 Å². The predicted molar refractivity (Wildman–Crippen MR) is 116 cm³/mol. The number of carbonyl (C=O) groups is 1. The van der Waals surface area contributed by atoms with Crippen LogP contribution in [0.1, 0.15) is 15.9 Å². The number of nitrogens with zero attached hydrogens (tertiary/aromatic N) is 2. The van der Waals surface area contributed by atoms with Gasteiger partial charge in [-0.1, -0.05) is 24.3 Å². The highest BCUT2D eigenvalue weighted by atomic mass is 19.1. The van der Waals surface area contributed by atoms with E-state index in [2.05, 4.69) is 47.0 Å². The van der Waals surface area contributed by atoms with Crippen LogP contribution < -0.4 is 0 Å². The van der Waals surface area contributed by atoms with E-state index in [0.29, 0.717) is 12.1 Å². The number of hydrogen-bond donors (Lipinski definition) is 1. The number of hydrogen-bond acceptors (Lipinski definition) is 1. The number of benzene rings is 3. The summed E-state index contributed by atoms with van der Waals surface area (Å²) in [5, 5.41) is 11.5. The Bertz CT molecular complexity index is 1430. The number of carboxylic acid groups (broad SMARTS) is 1. The Kier molecular flexibility index (Phi) is 4.17. The molecule has 0 fully saturated rings. The average Bonchev–Trinajstić information content (AvgIpc) is 3.30. The lowest BCUT2D eigenvalue weighted by Gasteiger charge is -2.09. The van der Waals surface area contributed by atoms with Crippen LogP contribution >= 0.6 is 0 Å². The van der Waals surface area contributed by atoms with Crippen LogP contribution in [-0.4, -0.2) is 20.2 Å². The van der Waals surface area contributed by atoms with Crippen molar-refractivity contribution in [2.24, 2.45) is 7.05 Å². The van der Waals surface area contributed by atoms with Crippen molar-refractivity contribution in [3.8, 4) is 11.1 Å². The normalized spacial score (nSPS) is 11.4. The molecule has 0 spiro atoms. The summed E-state index contributed by atoms with van der Waals surface area (Å²) in [4.78, 5) is 11.2. The molecule has 0 aliphatic carbocycles. The van der Waals surface area contributed by atoms with Crippen molar-refractivity contribution >= 4 is 27.8 Å². The Labute approximate surface area is 172 Å². The number of carboxylic acids is 1. The van der Waals surface area contributed by atoms with Gasteiger partial charge >= 0.3 is 5.97 Å². The van der Waals surface area contributed by atoms with Crippen molar-refractivity contribution < 1.29 is 14.3 Å². The Hall–Kier alpha value is -3.86. The molecule has 0 bridgehead atoms. The first-order chi connectivity index (χ1) is 14.5. The lowest BCUT2D eigenvalue weighted by Crippen LogP contribution is -2.03. The summed E-state index contributed by atoms with van der Waals surface area (Å²) >= 11 is 0. The van der Waals surface area contributed by atoms with Gasteiger partial charge in [0.25, 0.3) is 0 Å². The number of aryl methyl sites for hydroxylation is 1. The summed E-state index contributed by atoms with van der Waals surface area (Å²) in [6.45, 7) is 0.391. The molecule has 2 heterocycles. The molecule has 30 heavy (non-hydrogen) atoms. The van der Waals surface area contributed by atoms with E-state index in [4.69, 9.17) is 0 Å². The number of fused-ring (bicyclic) bond motifs is 2. The zero-order chi connectivity index (χ0) is 20.8. The smallest absolute Gasteiger partial charge is 0.335 e. The molecule has 2 aromatic heterocycles. The van der Waals surface area contributed by atoms with Gasteiger partial charge in [-0.3, -0.25) is 0 Å². The fourth-order valence-electron chi connectivity index (χ4n) is 4.01. The van der Waals surface area contributed by atoms with E-state index in [-0.39, 0.29) is 5.56 Å². The van der Waals surface area contributed by atoms with Crippen LogP contribution in [0.25, 0.3) is 32.9 Å². The zero-order valence-corrected chi connectivity index (χ0v) is 16.3. The summed E-state index contributed by atoms with van der Waals surface area (Å²) in [5.74, 6) is -1.68. The van der Waals surface area contributed by atoms with E-state index < -0.39 is 11.8 Å². The Balaban J connectivity index is 1.56. The Morgan fingerprint density at radius 2 is 1.53 bits per heavy atom. The van der Waals surface area contributed by atoms with Crippen LogP contribution in [0.4, 0.5) is 4.39 Å². The fourth-order valence-corrected chi connectivity index (χ4v) is 4.01. The van der Waals surface area contributed by atoms with Gasteiger partial charge in [0.2, 0.25) is 0 Å². The number of aromatic nitrogens is 2. The molecular formula is C25H19FN2O2. The third-order valence-electron chi connectivity index (χ3n) is 5.55. The van der Waals surface area contributed by atoms with E-state index in [9.17, 15) is 14.3 Å². The molecule has 5 rings (SSSR count). The van der Waals surface area contributed by atoms with Crippen LogP contribution in [0.5, 0.6) is 0 Å². The Morgan fingerprint density at radius 1 is 0.867 bits per heavy atom. The minimum atomic E-state index is -1.13. The Morgan fingerprint density at radius 3 is 2.27 bits per heavy atom. The summed E-state index contributed by atoms with van der Waals surface area (Å²) in [5.41, 5.74) is 4.97. The van der Waals surface area contributed by atoms with Crippen molar-refractivity contribution in [1.29, 1.82) is 0 Å². The molecule has 3 aromatic carbocycles. The average molecular weight is 398 g/mol. The van der Waals surface area contributed by atoms with E-state index in [1.54, 1.807) is 0 Å².